The number of piperidine rings is 1. The minimum Gasteiger partial charge on any atom is -0.493 e. The lowest BCUT2D eigenvalue weighted by Crippen LogP contribution is -2.32. The van der Waals surface area contributed by atoms with Crippen LogP contribution in [0.3, 0.4) is 0 Å². The summed E-state index contributed by atoms with van der Waals surface area (Å²) >= 11 is 0. The van der Waals surface area contributed by atoms with Crippen LogP contribution in [0.15, 0.2) is 36.5 Å². The fraction of sp³-hybridized carbons (Fsp3) is 0.438. The molecule has 3 nitrogen and oxygen atoms in total. The van der Waals surface area contributed by atoms with Gasteiger partial charge in [-0.25, -0.2) is 0 Å². The van der Waals surface area contributed by atoms with Crippen molar-refractivity contribution in [3.8, 4) is 5.75 Å². The van der Waals surface area contributed by atoms with Crippen molar-refractivity contribution in [2.75, 3.05) is 26.7 Å². The number of aromatic nitrogens is 1. The van der Waals surface area contributed by atoms with Gasteiger partial charge >= 0.3 is 0 Å². The molecule has 0 N–H and O–H groups in total. The van der Waals surface area contributed by atoms with Gasteiger partial charge in [0.2, 0.25) is 0 Å². The molecule has 3 heteroatoms. The first-order chi connectivity index (χ1) is 9.31. The van der Waals surface area contributed by atoms with Crippen LogP contribution in [-0.4, -0.2) is 36.6 Å². The van der Waals surface area contributed by atoms with Gasteiger partial charge in [-0.3, -0.25) is 4.98 Å². The Morgan fingerprint density at radius 2 is 2.11 bits per heavy atom. The van der Waals surface area contributed by atoms with Gasteiger partial charge < -0.3 is 9.64 Å². The van der Waals surface area contributed by atoms with Crippen LogP contribution < -0.4 is 4.74 Å². The third-order valence-electron chi connectivity index (χ3n) is 3.90. The second kappa shape index (κ2) is 5.57. The van der Waals surface area contributed by atoms with Crippen molar-refractivity contribution in [3.63, 3.8) is 0 Å². The molecule has 0 saturated carbocycles. The first kappa shape index (κ1) is 12.4. The van der Waals surface area contributed by atoms with E-state index in [1.165, 1.54) is 25.9 Å². The van der Waals surface area contributed by atoms with Crippen molar-refractivity contribution in [3.05, 3.63) is 36.5 Å². The monoisotopic (exact) mass is 256 g/mol. The van der Waals surface area contributed by atoms with Crippen LogP contribution in [0.25, 0.3) is 10.9 Å². The zero-order valence-corrected chi connectivity index (χ0v) is 11.4. The molecule has 1 aromatic heterocycles. The Morgan fingerprint density at radius 3 is 2.95 bits per heavy atom. The van der Waals surface area contributed by atoms with Gasteiger partial charge in [0.15, 0.2) is 0 Å². The molecule has 19 heavy (non-hydrogen) atoms. The molecule has 1 aromatic carbocycles. The van der Waals surface area contributed by atoms with Crippen molar-refractivity contribution < 1.29 is 4.74 Å². The van der Waals surface area contributed by atoms with Crippen LogP contribution in [0.1, 0.15) is 12.8 Å². The highest BCUT2D eigenvalue weighted by molar-refractivity contribution is 5.79. The van der Waals surface area contributed by atoms with Gasteiger partial charge in [-0.1, -0.05) is 6.07 Å². The maximum atomic E-state index is 5.93. The highest BCUT2D eigenvalue weighted by Gasteiger charge is 2.17. The third kappa shape index (κ3) is 3.04. The molecule has 1 saturated heterocycles. The summed E-state index contributed by atoms with van der Waals surface area (Å²) in [6.07, 6.45) is 4.30. The molecule has 2 heterocycles. The summed E-state index contributed by atoms with van der Waals surface area (Å²) in [5.41, 5.74) is 1.00. The molecule has 0 atom stereocenters. The standard InChI is InChI=1S/C16H20N2O/c1-18-9-6-13(7-10-18)12-19-15-5-4-14-3-2-8-17-16(14)11-15/h2-5,8,11,13H,6-7,9-10,12H2,1H3. The largest absolute Gasteiger partial charge is 0.493 e. The van der Waals surface area contributed by atoms with E-state index in [0.29, 0.717) is 5.92 Å². The van der Waals surface area contributed by atoms with E-state index in [1.807, 2.05) is 24.4 Å². The van der Waals surface area contributed by atoms with Crippen molar-refractivity contribution in [2.24, 2.45) is 5.92 Å². The summed E-state index contributed by atoms with van der Waals surface area (Å²) < 4.78 is 5.93. The molecule has 1 aliphatic rings. The van der Waals surface area contributed by atoms with Crippen molar-refractivity contribution in [1.82, 2.24) is 9.88 Å². The van der Waals surface area contributed by atoms with Crippen LogP contribution in [0.4, 0.5) is 0 Å². The van der Waals surface area contributed by atoms with Gasteiger partial charge in [-0.15, -0.1) is 0 Å². The number of benzene rings is 1. The summed E-state index contributed by atoms with van der Waals surface area (Å²) in [4.78, 5) is 6.75. The molecule has 2 aromatic rings. The van der Waals surface area contributed by atoms with E-state index in [4.69, 9.17) is 4.74 Å². The maximum Gasteiger partial charge on any atom is 0.121 e. The third-order valence-corrected chi connectivity index (χ3v) is 3.90. The number of rotatable bonds is 3. The molecule has 0 aliphatic carbocycles. The number of likely N-dealkylation sites (tertiary alicyclic amines) is 1. The van der Waals surface area contributed by atoms with E-state index >= 15 is 0 Å². The normalized spacial score (nSPS) is 17.7. The molecule has 3 rings (SSSR count). The summed E-state index contributed by atoms with van der Waals surface area (Å²) in [7, 11) is 2.19. The summed E-state index contributed by atoms with van der Waals surface area (Å²) in [6.45, 7) is 3.20. The van der Waals surface area contributed by atoms with Crippen molar-refractivity contribution in [1.29, 1.82) is 0 Å². The molecule has 0 unspecified atom stereocenters. The second-order valence-electron chi connectivity index (χ2n) is 5.42. The Labute approximate surface area is 114 Å². The Balaban J connectivity index is 1.62. The van der Waals surface area contributed by atoms with Crippen molar-refractivity contribution >= 4 is 10.9 Å². The SMILES string of the molecule is CN1CCC(COc2ccc3cccnc3c2)CC1. The van der Waals surface area contributed by atoms with E-state index in [2.05, 4.69) is 29.1 Å². The van der Waals surface area contributed by atoms with E-state index in [1.54, 1.807) is 0 Å². The average molecular weight is 256 g/mol. The summed E-state index contributed by atoms with van der Waals surface area (Å²) in [6, 6.07) is 10.2. The van der Waals surface area contributed by atoms with Crippen LogP contribution >= 0.6 is 0 Å². The fourth-order valence-electron chi connectivity index (χ4n) is 2.58. The van der Waals surface area contributed by atoms with Gasteiger partial charge in [0.05, 0.1) is 12.1 Å². The highest BCUT2D eigenvalue weighted by Crippen LogP contribution is 2.21. The van der Waals surface area contributed by atoms with Crippen LogP contribution in [-0.2, 0) is 0 Å². The van der Waals surface area contributed by atoms with Gasteiger partial charge in [0, 0.05) is 17.6 Å². The molecule has 100 valence electrons. The van der Waals surface area contributed by atoms with Gasteiger partial charge in [-0.05, 0) is 57.1 Å². The van der Waals surface area contributed by atoms with Crippen LogP contribution in [0, 0.1) is 5.92 Å². The summed E-state index contributed by atoms with van der Waals surface area (Å²) in [5, 5.41) is 1.16. The topological polar surface area (TPSA) is 25.4 Å². The van der Waals surface area contributed by atoms with E-state index in [-0.39, 0.29) is 0 Å². The number of pyridine rings is 1. The highest BCUT2D eigenvalue weighted by atomic mass is 16.5. The molecule has 1 aliphatic heterocycles. The van der Waals surface area contributed by atoms with Gasteiger partial charge in [0.25, 0.3) is 0 Å². The molecular weight excluding hydrogens is 236 g/mol. The number of fused-ring (bicyclic) bond motifs is 1. The lowest BCUT2D eigenvalue weighted by atomic mass is 9.98. The molecule has 1 fully saturated rings. The second-order valence-corrected chi connectivity index (χ2v) is 5.42. The maximum absolute atomic E-state index is 5.93. The predicted molar refractivity (Wildman–Crippen MR) is 77.5 cm³/mol. The van der Waals surface area contributed by atoms with Crippen LogP contribution in [0.5, 0.6) is 5.75 Å². The van der Waals surface area contributed by atoms with Gasteiger partial charge in [-0.2, -0.15) is 0 Å². The van der Waals surface area contributed by atoms with Gasteiger partial charge in [0.1, 0.15) is 5.75 Å². The van der Waals surface area contributed by atoms with E-state index in [9.17, 15) is 0 Å². The fourth-order valence-corrected chi connectivity index (χ4v) is 2.58. The molecule has 0 spiro atoms. The molecular formula is C16H20N2O. The van der Waals surface area contributed by atoms with E-state index in [0.717, 1.165) is 23.3 Å². The Hall–Kier alpha value is -1.61. The first-order valence-electron chi connectivity index (χ1n) is 6.97. The quantitative estimate of drug-likeness (QED) is 0.844. The number of nitrogens with zero attached hydrogens (tertiary/aromatic N) is 2. The van der Waals surface area contributed by atoms with Crippen LogP contribution in [0.2, 0.25) is 0 Å². The summed E-state index contributed by atoms with van der Waals surface area (Å²) in [5.74, 6) is 1.63. The zero-order chi connectivity index (χ0) is 13.1. The minimum atomic E-state index is 0.690. The average Bonchev–Trinajstić information content (AvgIpc) is 2.46. The van der Waals surface area contributed by atoms with E-state index < -0.39 is 0 Å². The lowest BCUT2D eigenvalue weighted by molar-refractivity contribution is 0.160. The molecule has 0 radical (unpaired) electrons. The molecule has 0 amide bonds. The Bertz CT molecular complexity index is 547. The predicted octanol–water partition coefficient (Wildman–Crippen LogP) is 2.96. The minimum absolute atomic E-state index is 0.690. The zero-order valence-electron chi connectivity index (χ0n) is 11.4. The smallest absolute Gasteiger partial charge is 0.121 e. The number of ether oxygens (including phenoxy) is 1. The first-order valence-corrected chi connectivity index (χ1v) is 6.97. The van der Waals surface area contributed by atoms with Crippen molar-refractivity contribution in [2.45, 2.75) is 12.8 Å². The Morgan fingerprint density at radius 1 is 1.26 bits per heavy atom. The molecule has 0 bridgehead atoms. The Kier molecular flexibility index (Phi) is 3.65. The number of hydrogen-bond acceptors (Lipinski definition) is 3. The lowest BCUT2D eigenvalue weighted by Gasteiger charge is -2.28. The number of hydrogen-bond donors (Lipinski definition) is 0.